The maximum Gasteiger partial charge on any atom is 0.323 e. The van der Waals surface area contributed by atoms with E-state index in [2.05, 4.69) is 22.5 Å². The molecule has 23 heavy (non-hydrogen) atoms. The van der Waals surface area contributed by atoms with E-state index in [-0.39, 0.29) is 17.9 Å². The lowest BCUT2D eigenvalue weighted by atomic mass is 10.1. The van der Waals surface area contributed by atoms with Crippen molar-refractivity contribution in [3.8, 4) is 0 Å². The van der Waals surface area contributed by atoms with E-state index in [0.29, 0.717) is 18.5 Å². The molecule has 1 fully saturated rings. The highest BCUT2D eigenvalue weighted by molar-refractivity contribution is 5.76. The van der Waals surface area contributed by atoms with Crippen LogP contribution in [0.2, 0.25) is 0 Å². The number of carbonyl (C=O) groups is 2. The van der Waals surface area contributed by atoms with Gasteiger partial charge in [0, 0.05) is 32.6 Å². The molecule has 0 saturated carbocycles. The van der Waals surface area contributed by atoms with E-state index in [0.717, 1.165) is 25.9 Å². The van der Waals surface area contributed by atoms with Crippen molar-refractivity contribution < 1.29 is 14.3 Å². The summed E-state index contributed by atoms with van der Waals surface area (Å²) in [6.07, 6.45) is 1.73. The molecule has 1 saturated heterocycles. The quantitative estimate of drug-likeness (QED) is 0.687. The molecule has 0 spiro atoms. The topological polar surface area (TPSA) is 70.7 Å². The standard InChI is InChI=1S/C17H33N3O3/c1-7-13(9-19-12(2)21)10-20-11-14(18-6)8-15(20)16(22)23-17(3,4)5/h13-15,18H,7-11H2,1-6H3,(H,19,21). The van der Waals surface area contributed by atoms with Crippen LogP contribution in [0.1, 0.15) is 47.5 Å². The highest BCUT2D eigenvalue weighted by Crippen LogP contribution is 2.23. The number of rotatable bonds is 7. The minimum absolute atomic E-state index is 0.0123. The number of ether oxygens (including phenoxy) is 1. The molecule has 1 heterocycles. The molecule has 1 amide bonds. The molecule has 2 N–H and O–H groups in total. The molecule has 3 atom stereocenters. The van der Waals surface area contributed by atoms with Crippen molar-refractivity contribution >= 4 is 11.9 Å². The van der Waals surface area contributed by atoms with Crippen LogP contribution < -0.4 is 10.6 Å². The average Bonchev–Trinajstić information content (AvgIpc) is 2.84. The molecule has 0 radical (unpaired) electrons. The summed E-state index contributed by atoms with van der Waals surface area (Å²) in [6.45, 7) is 11.6. The molecule has 6 nitrogen and oxygen atoms in total. The molecular formula is C17H33N3O3. The monoisotopic (exact) mass is 327 g/mol. The Morgan fingerprint density at radius 3 is 2.48 bits per heavy atom. The minimum atomic E-state index is -0.471. The fourth-order valence-corrected chi connectivity index (χ4v) is 2.89. The Morgan fingerprint density at radius 1 is 1.35 bits per heavy atom. The van der Waals surface area contributed by atoms with Crippen LogP contribution in [-0.2, 0) is 14.3 Å². The SMILES string of the molecule is CCC(CNC(C)=O)CN1CC(NC)CC1C(=O)OC(C)(C)C. The van der Waals surface area contributed by atoms with E-state index in [1.807, 2.05) is 27.8 Å². The third-order valence-electron chi connectivity index (χ3n) is 4.20. The lowest BCUT2D eigenvalue weighted by Crippen LogP contribution is -2.44. The van der Waals surface area contributed by atoms with Crippen molar-refractivity contribution in [2.75, 3.05) is 26.7 Å². The molecule has 0 bridgehead atoms. The molecule has 1 aliphatic rings. The maximum atomic E-state index is 12.5. The Labute approximate surface area is 140 Å². The molecule has 0 aromatic heterocycles. The molecule has 0 aliphatic carbocycles. The van der Waals surface area contributed by atoms with Crippen LogP contribution in [0.5, 0.6) is 0 Å². The number of hydrogen-bond donors (Lipinski definition) is 2. The summed E-state index contributed by atoms with van der Waals surface area (Å²) in [6, 6.07) is 0.0869. The van der Waals surface area contributed by atoms with E-state index in [9.17, 15) is 9.59 Å². The minimum Gasteiger partial charge on any atom is -0.459 e. The Hall–Kier alpha value is -1.14. The number of amides is 1. The van der Waals surface area contributed by atoms with Crippen LogP contribution in [0.15, 0.2) is 0 Å². The van der Waals surface area contributed by atoms with Crippen LogP contribution in [0.4, 0.5) is 0 Å². The highest BCUT2D eigenvalue weighted by atomic mass is 16.6. The van der Waals surface area contributed by atoms with E-state index >= 15 is 0 Å². The molecule has 6 heteroatoms. The smallest absolute Gasteiger partial charge is 0.323 e. The average molecular weight is 327 g/mol. The molecule has 0 aromatic carbocycles. The molecule has 134 valence electrons. The summed E-state index contributed by atoms with van der Waals surface area (Å²) in [5.74, 6) is 0.172. The van der Waals surface area contributed by atoms with Crippen LogP contribution in [0.25, 0.3) is 0 Å². The Morgan fingerprint density at radius 2 is 2.00 bits per heavy atom. The first-order valence-electron chi connectivity index (χ1n) is 8.54. The van der Waals surface area contributed by atoms with E-state index in [4.69, 9.17) is 4.74 Å². The molecule has 1 aliphatic heterocycles. The van der Waals surface area contributed by atoms with Gasteiger partial charge in [-0.3, -0.25) is 14.5 Å². The van der Waals surface area contributed by atoms with Gasteiger partial charge in [-0.1, -0.05) is 13.3 Å². The lowest BCUT2D eigenvalue weighted by molar-refractivity contribution is -0.160. The first-order valence-corrected chi connectivity index (χ1v) is 8.54. The van der Waals surface area contributed by atoms with Crippen LogP contribution >= 0.6 is 0 Å². The third kappa shape index (κ3) is 6.87. The summed E-state index contributed by atoms with van der Waals surface area (Å²) in [4.78, 5) is 25.8. The van der Waals surface area contributed by atoms with E-state index in [1.54, 1.807) is 0 Å². The van der Waals surface area contributed by atoms with Gasteiger partial charge in [-0.15, -0.1) is 0 Å². The van der Waals surface area contributed by atoms with Crippen molar-refractivity contribution in [1.29, 1.82) is 0 Å². The van der Waals surface area contributed by atoms with Gasteiger partial charge in [0.25, 0.3) is 0 Å². The van der Waals surface area contributed by atoms with Crippen molar-refractivity contribution in [2.45, 2.75) is 65.1 Å². The number of likely N-dealkylation sites (tertiary alicyclic amines) is 1. The van der Waals surface area contributed by atoms with Gasteiger partial charge in [0.1, 0.15) is 11.6 Å². The summed E-state index contributed by atoms with van der Waals surface area (Å²) in [5.41, 5.74) is -0.471. The van der Waals surface area contributed by atoms with Crippen LogP contribution in [-0.4, -0.2) is 61.1 Å². The summed E-state index contributed by atoms with van der Waals surface area (Å²) < 4.78 is 5.58. The second kappa shape index (κ2) is 8.64. The van der Waals surface area contributed by atoms with Gasteiger partial charge < -0.3 is 15.4 Å². The third-order valence-corrected chi connectivity index (χ3v) is 4.20. The highest BCUT2D eigenvalue weighted by Gasteiger charge is 2.39. The number of likely N-dealkylation sites (N-methyl/N-ethyl adjacent to an activating group) is 1. The first kappa shape index (κ1) is 19.9. The second-order valence-electron chi connectivity index (χ2n) is 7.44. The van der Waals surface area contributed by atoms with Crippen LogP contribution in [0.3, 0.4) is 0 Å². The summed E-state index contributed by atoms with van der Waals surface area (Å²) in [7, 11) is 1.93. The zero-order valence-corrected chi connectivity index (χ0v) is 15.4. The van der Waals surface area contributed by atoms with Crippen molar-refractivity contribution in [3.05, 3.63) is 0 Å². The number of nitrogens with one attached hydrogen (secondary N) is 2. The number of hydrogen-bond acceptors (Lipinski definition) is 5. The Bertz CT molecular complexity index is 406. The van der Waals surface area contributed by atoms with Crippen molar-refractivity contribution in [1.82, 2.24) is 15.5 Å². The van der Waals surface area contributed by atoms with Crippen molar-refractivity contribution in [2.24, 2.45) is 5.92 Å². The van der Waals surface area contributed by atoms with E-state index in [1.165, 1.54) is 6.92 Å². The lowest BCUT2D eigenvalue weighted by Gasteiger charge is -2.29. The van der Waals surface area contributed by atoms with Gasteiger partial charge in [0.2, 0.25) is 5.91 Å². The second-order valence-corrected chi connectivity index (χ2v) is 7.44. The Kier molecular flexibility index (Phi) is 7.48. The summed E-state index contributed by atoms with van der Waals surface area (Å²) >= 11 is 0. The molecular weight excluding hydrogens is 294 g/mol. The molecule has 1 rings (SSSR count). The zero-order chi connectivity index (χ0) is 17.6. The van der Waals surface area contributed by atoms with Gasteiger partial charge >= 0.3 is 5.97 Å². The predicted molar refractivity (Wildman–Crippen MR) is 91.1 cm³/mol. The van der Waals surface area contributed by atoms with Gasteiger partial charge in [-0.2, -0.15) is 0 Å². The van der Waals surface area contributed by atoms with E-state index < -0.39 is 5.60 Å². The zero-order valence-electron chi connectivity index (χ0n) is 15.4. The summed E-state index contributed by atoms with van der Waals surface area (Å²) in [5, 5.41) is 6.14. The first-order chi connectivity index (χ1) is 10.7. The predicted octanol–water partition coefficient (Wildman–Crippen LogP) is 1.15. The van der Waals surface area contributed by atoms with Gasteiger partial charge in [-0.25, -0.2) is 0 Å². The fraction of sp³-hybridized carbons (Fsp3) is 0.882. The largest absolute Gasteiger partial charge is 0.459 e. The number of carbonyl (C=O) groups excluding carboxylic acids is 2. The van der Waals surface area contributed by atoms with Gasteiger partial charge in [0.05, 0.1) is 0 Å². The molecule has 3 unspecified atom stereocenters. The number of esters is 1. The maximum absolute atomic E-state index is 12.5. The molecule has 0 aromatic rings. The van der Waals surface area contributed by atoms with Crippen LogP contribution in [0, 0.1) is 5.92 Å². The van der Waals surface area contributed by atoms with Crippen molar-refractivity contribution in [3.63, 3.8) is 0 Å². The number of nitrogens with zero attached hydrogens (tertiary/aromatic N) is 1. The normalized spacial score (nSPS) is 23.6. The van der Waals surface area contributed by atoms with Gasteiger partial charge in [0.15, 0.2) is 0 Å². The van der Waals surface area contributed by atoms with Gasteiger partial charge in [-0.05, 0) is 40.2 Å². The fourth-order valence-electron chi connectivity index (χ4n) is 2.89. The Balaban J connectivity index is 2.71.